The van der Waals surface area contributed by atoms with Crippen molar-refractivity contribution in [3.63, 3.8) is 0 Å². The zero-order chi connectivity index (χ0) is 6.15. The summed E-state index contributed by atoms with van der Waals surface area (Å²) in [6.45, 7) is 4.13. The molecule has 8 heavy (non-hydrogen) atoms. The summed E-state index contributed by atoms with van der Waals surface area (Å²) in [6.07, 6.45) is 1.92. The number of rotatable bonds is 0. The molecule has 0 aliphatic heterocycles. The average molecular weight is 296 g/mol. The molecule has 39 valence electrons. The summed E-state index contributed by atoms with van der Waals surface area (Å²) in [5.74, 6) is 1.16. The minimum atomic E-state index is 0.672. The van der Waals surface area contributed by atoms with E-state index in [-0.39, 0.29) is 0 Å². The monoisotopic (exact) mass is 297 g/mol. The average Bonchev–Trinajstić information content (AvgIpc) is 1.98. The van der Waals surface area contributed by atoms with Gasteiger partial charge in [0.25, 0.3) is 0 Å². The molecule has 0 fully saturated rings. The Bertz CT molecular complexity index is 173. The van der Waals surface area contributed by atoms with E-state index in [1.54, 1.807) is 0 Å². The van der Waals surface area contributed by atoms with E-state index in [4.69, 9.17) is 0 Å². The minimum absolute atomic E-state index is 0.672. The number of hydrogen-bond donors (Lipinski definition) is 0. The van der Waals surface area contributed by atoms with Gasteiger partial charge in [0.1, 0.15) is 0 Å². The first kappa shape index (κ1) is 6.27. The van der Waals surface area contributed by atoms with Gasteiger partial charge >= 0.3 is 65.3 Å². The maximum absolute atomic E-state index is 4.13. The third-order valence-corrected chi connectivity index (χ3v) is 4.97. The molecule has 3 heteroatoms. The molecule has 0 saturated carbocycles. The summed E-state index contributed by atoms with van der Waals surface area (Å²) in [5, 5.41) is 0. The molecule has 0 radical (unpaired) electrons. The maximum atomic E-state index is 4.13. The van der Waals surface area contributed by atoms with Crippen LogP contribution in [0, 0.1) is 13.8 Å². The van der Waals surface area contributed by atoms with Gasteiger partial charge in [-0.25, -0.2) is 0 Å². The summed E-state index contributed by atoms with van der Waals surface area (Å²) in [5.41, 5.74) is 1.30. The number of aromatic nitrogens is 2. The fourth-order valence-electron chi connectivity index (χ4n) is 0.581. The van der Waals surface area contributed by atoms with Crippen molar-refractivity contribution in [2.24, 2.45) is 0 Å². The van der Waals surface area contributed by atoms with Crippen molar-refractivity contribution in [1.82, 2.24) is 7.32 Å². The zero-order valence-corrected chi connectivity index (χ0v) is 10.7. The molecule has 0 spiro atoms. The van der Waals surface area contributed by atoms with E-state index in [0.29, 0.717) is 26.4 Å². The van der Waals surface area contributed by atoms with Gasteiger partial charge in [-0.15, -0.1) is 0 Å². The molecule has 0 aromatic carbocycles. The van der Waals surface area contributed by atoms with Crippen LogP contribution in [0.25, 0.3) is 0 Å². The van der Waals surface area contributed by atoms with Crippen molar-refractivity contribution in [1.29, 1.82) is 0 Å². The Balaban J connectivity index is 3.19. The molecule has 0 amide bonds. The van der Waals surface area contributed by atoms with Crippen molar-refractivity contribution in [3.8, 4) is 0 Å². The van der Waals surface area contributed by atoms with Crippen LogP contribution in [0.15, 0.2) is 6.20 Å². The normalized spacial score (nSPS) is 10.0. The van der Waals surface area contributed by atoms with Crippen LogP contribution in [0.2, 0.25) is 0 Å². The summed E-state index contributed by atoms with van der Waals surface area (Å²) in [7, 11) is 0. The van der Waals surface area contributed by atoms with Gasteiger partial charge < -0.3 is 0 Å². The van der Waals surface area contributed by atoms with E-state index in [1.165, 1.54) is 5.69 Å². The van der Waals surface area contributed by atoms with Gasteiger partial charge in [0.15, 0.2) is 0 Å². The second-order valence-corrected chi connectivity index (χ2v) is 4.33. The molecule has 0 bridgehead atoms. The third kappa shape index (κ3) is 0.941. The number of aryl methyl sites for hydroxylation is 2. The van der Waals surface area contributed by atoms with Gasteiger partial charge in [-0.3, -0.25) is 0 Å². The predicted octanol–water partition coefficient (Wildman–Crippen LogP) is 0.810. The molecule has 0 N–H and O–H groups in total. The van der Waals surface area contributed by atoms with Gasteiger partial charge in [-0.1, -0.05) is 0 Å². The van der Waals surface area contributed by atoms with Crippen molar-refractivity contribution in [3.05, 3.63) is 17.7 Å². The molecule has 1 heterocycles. The first-order valence-electron chi connectivity index (χ1n) is 2.53. The zero-order valence-electron chi connectivity index (χ0n) is 5.18. The standard InChI is InChI=1S/C5H7N2.Hg/c1-4-3-6-5(2)7-4;/h3H,1-2H3;/q-1;+1. The fraction of sp³-hybridized carbons (Fsp3) is 0.400. The van der Waals surface area contributed by atoms with Gasteiger partial charge in [-0.05, 0) is 0 Å². The topological polar surface area (TPSA) is 17.8 Å². The van der Waals surface area contributed by atoms with E-state index in [0.717, 1.165) is 5.82 Å². The molecule has 0 unspecified atom stereocenters. The molecular formula is C5H7HgN2. The van der Waals surface area contributed by atoms with Crippen molar-refractivity contribution < 1.29 is 26.4 Å². The van der Waals surface area contributed by atoms with Gasteiger partial charge in [0.2, 0.25) is 0 Å². The van der Waals surface area contributed by atoms with Crippen molar-refractivity contribution in [2.45, 2.75) is 13.8 Å². The molecule has 0 saturated heterocycles. The Kier molecular flexibility index (Phi) is 1.70. The van der Waals surface area contributed by atoms with Crippen LogP contribution >= 0.6 is 0 Å². The number of imidazole rings is 1. The number of nitrogens with zero attached hydrogens (tertiary/aromatic N) is 2. The second-order valence-electron chi connectivity index (χ2n) is 1.87. The molecule has 1 rings (SSSR count). The van der Waals surface area contributed by atoms with Crippen LogP contribution in [-0.2, 0) is 26.4 Å². The van der Waals surface area contributed by atoms with E-state index in [2.05, 4.69) is 14.2 Å². The van der Waals surface area contributed by atoms with Crippen LogP contribution in [0.4, 0.5) is 0 Å². The Morgan fingerprint density at radius 2 is 2.25 bits per heavy atom. The Hall–Kier alpha value is 0.145. The van der Waals surface area contributed by atoms with Crippen molar-refractivity contribution >= 4 is 0 Å². The summed E-state index contributed by atoms with van der Waals surface area (Å²) < 4.78 is 2.25. The summed E-state index contributed by atoms with van der Waals surface area (Å²) in [6, 6.07) is 0. The van der Waals surface area contributed by atoms with Crippen LogP contribution in [0.1, 0.15) is 11.5 Å². The Labute approximate surface area is 65.3 Å². The van der Waals surface area contributed by atoms with Crippen LogP contribution in [0.3, 0.4) is 0 Å². The van der Waals surface area contributed by atoms with E-state index in [9.17, 15) is 0 Å². The predicted molar refractivity (Wildman–Crippen MR) is 27.1 cm³/mol. The molecule has 1 aromatic rings. The summed E-state index contributed by atoms with van der Waals surface area (Å²) in [4.78, 5) is 4.13. The van der Waals surface area contributed by atoms with Crippen LogP contribution in [-0.4, -0.2) is 7.32 Å². The Morgan fingerprint density at radius 3 is 2.38 bits per heavy atom. The van der Waals surface area contributed by atoms with Crippen molar-refractivity contribution in [2.75, 3.05) is 0 Å². The van der Waals surface area contributed by atoms with E-state index < -0.39 is 0 Å². The second kappa shape index (κ2) is 2.17. The third-order valence-electron chi connectivity index (χ3n) is 1.25. The van der Waals surface area contributed by atoms with E-state index in [1.807, 2.05) is 13.1 Å². The fourth-order valence-corrected chi connectivity index (χ4v) is 1.22. The molecule has 0 aliphatic rings. The quantitative estimate of drug-likeness (QED) is 0.648. The number of hydrogen-bond acceptors (Lipinski definition) is 1. The van der Waals surface area contributed by atoms with Crippen LogP contribution < -0.4 is 0 Å². The molecule has 2 nitrogen and oxygen atoms in total. The van der Waals surface area contributed by atoms with E-state index >= 15 is 0 Å². The Morgan fingerprint density at radius 1 is 1.62 bits per heavy atom. The molecule has 0 atom stereocenters. The molecule has 1 aromatic heterocycles. The van der Waals surface area contributed by atoms with Gasteiger partial charge in [0, 0.05) is 0 Å². The van der Waals surface area contributed by atoms with Gasteiger partial charge in [0.05, 0.1) is 0 Å². The first-order valence-corrected chi connectivity index (χ1v) is 4.99. The molecule has 0 aliphatic carbocycles. The molecular weight excluding hydrogens is 289 g/mol. The summed E-state index contributed by atoms with van der Waals surface area (Å²) >= 11 is 0.672. The van der Waals surface area contributed by atoms with Gasteiger partial charge in [-0.2, -0.15) is 0 Å². The van der Waals surface area contributed by atoms with Crippen LogP contribution in [0.5, 0.6) is 0 Å². The SMILES string of the molecule is Cc1cnc(C)[n]1[Hg]. The first-order chi connectivity index (χ1) is 3.72.